The summed E-state index contributed by atoms with van der Waals surface area (Å²) in [6.07, 6.45) is 4.05. The molecule has 5 rings (SSSR count). The SMILES string of the molecule is COc1ccc(-c2nn(-c3cccc(C)c3)c(OC(C)=O)c2-c2ccc(NC(=O)C3CCCC3)cc2)c(OC)c1. The number of aryl methyl sites for hydroxylation is 1. The van der Waals surface area contributed by atoms with Crippen LogP contribution < -0.4 is 19.5 Å². The molecule has 0 spiro atoms. The van der Waals surface area contributed by atoms with Gasteiger partial charge in [0.2, 0.25) is 11.8 Å². The molecule has 206 valence electrons. The zero-order valence-corrected chi connectivity index (χ0v) is 23.2. The van der Waals surface area contributed by atoms with Gasteiger partial charge in [-0.1, -0.05) is 37.1 Å². The smallest absolute Gasteiger partial charge is 0.309 e. The van der Waals surface area contributed by atoms with E-state index in [1.807, 2.05) is 67.6 Å². The summed E-state index contributed by atoms with van der Waals surface area (Å²) in [5, 5.41) is 8.00. The average Bonchev–Trinajstić information content (AvgIpc) is 3.62. The average molecular weight is 540 g/mol. The number of hydrogen-bond donors (Lipinski definition) is 1. The summed E-state index contributed by atoms with van der Waals surface area (Å²) < 4.78 is 18.6. The van der Waals surface area contributed by atoms with Crippen LogP contribution in [-0.4, -0.2) is 35.9 Å². The van der Waals surface area contributed by atoms with Crippen molar-refractivity contribution in [1.29, 1.82) is 0 Å². The third-order valence-corrected chi connectivity index (χ3v) is 7.16. The third-order valence-electron chi connectivity index (χ3n) is 7.16. The Bertz CT molecular complexity index is 1530. The Balaban J connectivity index is 1.66. The second-order valence-electron chi connectivity index (χ2n) is 9.99. The maximum Gasteiger partial charge on any atom is 0.309 e. The minimum Gasteiger partial charge on any atom is -0.497 e. The normalized spacial score (nSPS) is 13.2. The van der Waals surface area contributed by atoms with E-state index in [-0.39, 0.29) is 17.7 Å². The molecule has 8 nitrogen and oxygen atoms in total. The highest BCUT2D eigenvalue weighted by Gasteiger charge is 2.27. The number of amides is 1. The van der Waals surface area contributed by atoms with Crippen LogP contribution in [0.4, 0.5) is 5.69 Å². The first-order valence-electron chi connectivity index (χ1n) is 13.4. The number of hydrogen-bond acceptors (Lipinski definition) is 6. The van der Waals surface area contributed by atoms with Gasteiger partial charge in [0.05, 0.1) is 25.5 Å². The first-order valence-corrected chi connectivity index (χ1v) is 13.4. The van der Waals surface area contributed by atoms with Crippen LogP contribution in [0, 0.1) is 12.8 Å². The molecule has 1 saturated carbocycles. The van der Waals surface area contributed by atoms with Gasteiger partial charge in [0.1, 0.15) is 17.2 Å². The van der Waals surface area contributed by atoms with Crippen LogP contribution >= 0.6 is 0 Å². The topological polar surface area (TPSA) is 91.7 Å². The lowest BCUT2D eigenvalue weighted by atomic mass is 10.00. The molecule has 1 aliphatic rings. The second kappa shape index (κ2) is 11.7. The number of carbonyl (C=O) groups is 2. The quantitative estimate of drug-likeness (QED) is 0.254. The zero-order valence-electron chi connectivity index (χ0n) is 23.2. The lowest BCUT2D eigenvalue weighted by molar-refractivity contribution is -0.132. The predicted molar refractivity (Wildman–Crippen MR) is 154 cm³/mol. The minimum absolute atomic E-state index is 0.0572. The minimum atomic E-state index is -0.469. The highest BCUT2D eigenvalue weighted by atomic mass is 16.5. The molecule has 0 bridgehead atoms. The Hall–Kier alpha value is -4.59. The van der Waals surface area contributed by atoms with Crippen LogP contribution in [0.5, 0.6) is 17.4 Å². The molecule has 0 radical (unpaired) electrons. The van der Waals surface area contributed by atoms with Gasteiger partial charge in [-0.3, -0.25) is 9.59 Å². The molecule has 3 aromatic carbocycles. The van der Waals surface area contributed by atoms with Crippen molar-refractivity contribution < 1.29 is 23.8 Å². The van der Waals surface area contributed by atoms with Crippen molar-refractivity contribution in [3.05, 3.63) is 72.3 Å². The molecule has 0 atom stereocenters. The van der Waals surface area contributed by atoms with E-state index in [2.05, 4.69) is 5.32 Å². The van der Waals surface area contributed by atoms with E-state index in [0.717, 1.165) is 42.5 Å². The number of aromatic nitrogens is 2. The molecule has 1 amide bonds. The number of anilines is 1. The first-order chi connectivity index (χ1) is 19.4. The number of rotatable bonds is 8. The van der Waals surface area contributed by atoms with Gasteiger partial charge >= 0.3 is 5.97 Å². The van der Waals surface area contributed by atoms with E-state index < -0.39 is 5.97 Å². The third kappa shape index (κ3) is 5.57. The van der Waals surface area contributed by atoms with Crippen molar-refractivity contribution >= 4 is 17.6 Å². The lowest BCUT2D eigenvalue weighted by Crippen LogP contribution is -2.20. The van der Waals surface area contributed by atoms with Gasteiger partial charge in [0, 0.05) is 30.2 Å². The summed E-state index contributed by atoms with van der Waals surface area (Å²) in [7, 11) is 3.18. The standard InChI is InChI=1S/C32H33N3O5/c1-20-8-7-11-25(18-20)35-32(40-21(2)36)29(30(34-35)27-17-16-26(38-3)19-28(27)39-4)22-12-14-24(15-13-22)33-31(37)23-9-5-6-10-23/h7-8,11-19,23H,5-6,9-10H2,1-4H3,(H,33,37). The van der Waals surface area contributed by atoms with E-state index in [1.54, 1.807) is 25.0 Å². The molecule has 1 aromatic heterocycles. The highest BCUT2D eigenvalue weighted by Crippen LogP contribution is 2.44. The summed E-state index contributed by atoms with van der Waals surface area (Å²) in [5.74, 6) is 1.14. The van der Waals surface area contributed by atoms with Crippen LogP contribution in [0.25, 0.3) is 28.1 Å². The van der Waals surface area contributed by atoms with Crippen molar-refractivity contribution in [2.45, 2.75) is 39.5 Å². The van der Waals surface area contributed by atoms with Gasteiger partial charge in [0.15, 0.2) is 0 Å². The summed E-state index contributed by atoms with van der Waals surface area (Å²) in [6.45, 7) is 3.36. The number of nitrogens with one attached hydrogen (secondary N) is 1. The largest absolute Gasteiger partial charge is 0.497 e. The number of benzene rings is 3. The lowest BCUT2D eigenvalue weighted by Gasteiger charge is -2.13. The number of esters is 1. The summed E-state index contributed by atoms with van der Waals surface area (Å²) in [5.41, 5.74) is 5.16. The molecule has 0 saturated heterocycles. The Morgan fingerprint density at radius 2 is 1.70 bits per heavy atom. The summed E-state index contributed by atoms with van der Waals surface area (Å²) in [6, 6.07) is 20.8. The van der Waals surface area contributed by atoms with Crippen molar-refractivity contribution in [3.8, 4) is 45.5 Å². The number of nitrogens with zero attached hydrogens (tertiary/aromatic N) is 2. The Morgan fingerprint density at radius 1 is 0.950 bits per heavy atom. The molecule has 4 aromatic rings. The molecule has 1 N–H and O–H groups in total. The van der Waals surface area contributed by atoms with E-state index >= 15 is 0 Å². The molecule has 0 aliphatic heterocycles. The van der Waals surface area contributed by atoms with Crippen LogP contribution in [0.2, 0.25) is 0 Å². The Labute approximate surface area is 233 Å². The van der Waals surface area contributed by atoms with Crippen molar-refractivity contribution in [2.24, 2.45) is 5.92 Å². The summed E-state index contributed by atoms with van der Waals surface area (Å²) >= 11 is 0. The van der Waals surface area contributed by atoms with Crippen LogP contribution in [0.1, 0.15) is 38.2 Å². The van der Waals surface area contributed by atoms with Gasteiger partial charge in [-0.2, -0.15) is 9.78 Å². The van der Waals surface area contributed by atoms with E-state index in [1.165, 1.54) is 6.92 Å². The van der Waals surface area contributed by atoms with Gasteiger partial charge in [-0.15, -0.1) is 0 Å². The van der Waals surface area contributed by atoms with Gasteiger partial charge in [-0.25, -0.2) is 0 Å². The van der Waals surface area contributed by atoms with Crippen LogP contribution in [0.15, 0.2) is 66.7 Å². The van der Waals surface area contributed by atoms with Gasteiger partial charge in [0.25, 0.3) is 0 Å². The second-order valence-corrected chi connectivity index (χ2v) is 9.99. The van der Waals surface area contributed by atoms with E-state index in [0.29, 0.717) is 34.0 Å². The number of ether oxygens (including phenoxy) is 3. The predicted octanol–water partition coefficient (Wildman–Crippen LogP) is 6.59. The van der Waals surface area contributed by atoms with E-state index in [4.69, 9.17) is 19.3 Å². The highest BCUT2D eigenvalue weighted by molar-refractivity contribution is 5.94. The fraction of sp³-hybridized carbons (Fsp3) is 0.281. The van der Waals surface area contributed by atoms with Crippen LogP contribution in [-0.2, 0) is 9.59 Å². The molecule has 40 heavy (non-hydrogen) atoms. The fourth-order valence-electron chi connectivity index (χ4n) is 5.16. The maximum atomic E-state index is 12.7. The molecule has 1 heterocycles. The van der Waals surface area contributed by atoms with Crippen molar-refractivity contribution in [2.75, 3.05) is 19.5 Å². The number of methoxy groups -OCH3 is 2. The molecule has 0 unspecified atom stereocenters. The molecular weight excluding hydrogens is 506 g/mol. The van der Waals surface area contributed by atoms with Crippen molar-refractivity contribution in [1.82, 2.24) is 9.78 Å². The Morgan fingerprint density at radius 3 is 2.35 bits per heavy atom. The molecule has 1 aliphatic carbocycles. The van der Waals surface area contributed by atoms with E-state index in [9.17, 15) is 9.59 Å². The fourth-order valence-corrected chi connectivity index (χ4v) is 5.16. The number of carbonyl (C=O) groups excluding carboxylic acids is 2. The molecule has 8 heteroatoms. The molecular formula is C32H33N3O5. The Kier molecular flexibility index (Phi) is 7.86. The van der Waals surface area contributed by atoms with Crippen LogP contribution in [0.3, 0.4) is 0 Å². The zero-order chi connectivity index (χ0) is 28.2. The van der Waals surface area contributed by atoms with Gasteiger partial charge in [-0.05, 0) is 67.3 Å². The van der Waals surface area contributed by atoms with Gasteiger partial charge < -0.3 is 19.5 Å². The summed E-state index contributed by atoms with van der Waals surface area (Å²) in [4.78, 5) is 25.0. The maximum absolute atomic E-state index is 12.7. The first kappa shape index (κ1) is 27.0. The molecule has 1 fully saturated rings. The monoisotopic (exact) mass is 539 g/mol. The van der Waals surface area contributed by atoms with Crippen molar-refractivity contribution in [3.63, 3.8) is 0 Å².